The fourth-order valence-electron chi connectivity index (χ4n) is 6.63. The molecule has 2 saturated heterocycles. The van der Waals surface area contributed by atoms with Gasteiger partial charge in [0, 0.05) is 19.1 Å². The van der Waals surface area contributed by atoms with Crippen molar-refractivity contribution in [1.82, 2.24) is 0 Å². The van der Waals surface area contributed by atoms with Crippen LogP contribution in [0, 0.1) is 0 Å². The van der Waals surface area contributed by atoms with E-state index >= 15 is 0 Å². The van der Waals surface area contributed by atoms with Gasteiger partial charge in [-0.3, -0.25) is 0 Å². The third-order valence-electron chi connectivity index (χ3n) is 13.7. The van der Waals surface area contributed by atoms with Gasteiger partial charge in [-0.05, 0) is 192 Å². The van der Waals surface area contributed by atoms with E-state index in [1.54, 1.807) is 76.2 Å². The van der Waals surface area contributed by atoms with Gasteiger partial charge in [-0.2, -0.15) is 0 Å². The van der Waals surface area contributed by atoms with Crippen molar-refractivity contribution in [1.29, 1.82) is 0 Å². The van der Waals surface area contributed by atoms with Crippen molar-refractivity contribution in [3.8, 4) is 23.0 Å². The SMILES string of the molecule is C.C.CC(C)(O)C(C)(C)O[B]B1OC(C)(C)C(C)(C)O1.CCOCOCc1cc(Oc2ccc(S(=O)(=O)CC)cc2)ccc1B1OC(C)(C)C(C)(C)O1.CCOCOCc1cc(Oc2ccc(S(=O)(=O)CC)cc2)ccc1Br.[2HH]. The van der Waals surface area contributed by atoms with E-state index in [2.05, 4.69) is 15.9 Å². The summed E-state index contributed by atoms with van der Waals surface area (Å²) in [6, 6.07) is 24.0. The van der Waals surface area contributed by atoms with Crippen molar-refractivity contribution in [2.24, 2.45) is 0 Å². The van der Waals surface area contributed by atoms with E-state index in [1.807, 2.05) is 119 Å². The summed E-state index contributed by atoms with van der Waals surface area (Å²) in [6.07, 6.45) is 0. The van der Waals surface area contributed by atoms with Crippen LogP contribution in [0.15, 0.2) is 99.2 Å². The molecule has 0 aliphatic carbocycles. The van der Waals surface area contributed by atoms with Crippen LogP contribution in [0.3, 0.4) is 0 Å². The Morgan fingerprint density at radius 2 is 0.936 bits per heavy atom. The van der Waals surface area contributed by atoms with E-state index in [-0.39, 0.29) is 57.5 Å². The molecular formula is C56H89B3BrO16S2. The second kappa shape index (κ2) is 29.6. The molecule has 0 spiro atoms. The van der Waals surface area contributed by atoms with Gasteiger partial charge in [0.15, 0.2) is 19.7 Å². The molecule has 78 heavy (non-hydrogen) atoms. The van der Waals surface area contributed by atoms with Crippen molar-refractivity contribution in [2.75, 3.05) is 38.3 Å². The number of aliphatic hydroxyl groups is 1. The van der Waals surface area contributed by atoms with Crippen LogP contribution < -0.4 is 14.9 Å². The molecule has 437 valence electrons. The zero-order chi connectivity index (χ0) is 57.0. The van der Waals surface area contributed by atoms with Gasteiger partial charge >= 0.3 is 21.5 Å². The molecule has 2 heterocycles. The number of hydrogen-bond acceptors (Lipinski definition) is 16. The maximum Gasteiger partial charge on any atom is 0.495 e. The summed E-state index contributed by atoms with van der Waals surface area (Å²) in [7, 11) is -5.99. The van der Waals surface area contributed by atoms with Crippen LogP contribution in [0.25, 0.3) is 0 Å². The van der Waals surface area contributed by atoms with Crippen LogP contribution in [-0.2, 0) is 75.1 Å². The van der Waals surface area contributed by atoms with E-state index < -0.39 is 56.2 Å². The smallest absolute Gasteiger partial charge is 0.457 e. The molecule has 1 radical (unpaired) electrons. The van der Waals surface area contributed by atoms with Crippen molar-refractivity contribution >= 4 is 62.6 Å². The summed E-state index contributed by atoms with van der Waals surface area (Å²) in [5.74, 6) is 2.47. The molecule has 2 fully saturated rings. The van der Waals surface area contributed by atoms with Gasteiger partial charge in [0.2, 0.25) is 0 Å². The van der Waals surface area contributed by atoms with Crippen LogP contribution in [-0.4, -0.2) is 115 Å². The summed E-state index contributed by atoms with van der Waals surface area (Å²) < 4.78 is 112. The number of sulfone groups is 2. The summed E-state index contributed by atoms with van der Waals surface area (Å²) in [4.78, 5) is 0.571. The first kappa shape index (κ1) is 70.8. The second-order valence-electron chi connectivity index (χ2n) is 21.0. The normalized spacial score (nSPS) is 16.4. The first-order valence-electron chi connectivity index (χ1n) is 25.4. The predicted molar refractivity (Wildman–Crippen MR) is 316 cm³/mol. The third-order valence-corrected chi connectivity index (χ3v) is 18.0. The minimum atomic E-state index is -3.26. The highest BCUT2D eigenvalue weighted by Gasteiger charge is 2.53. The molecule has 2 aliphatic rings. The van der Waals surface area contributed by atoms with E-state index in [0.29, 0.717) is 54.3 Å². The Balaban J connectivity index is 0.000000607. The highest BCUT2D eigenvalue weighted by Crippen LogP contribution is 2.39. The minimum absolute atomic E-state index is 0. The lowest BCUT2D eigenvalue weighted by molar-refractivity contribution is -0.0894. The Morgan fingerprint density at radius 3 is 1.33 bits per heavy atom. The summed E-state index contributed by atoms with van der Waals surface area (Å²) in [6.45, 7) is 32.4. The standard InChI is InChI=1S/C24H33BO7S.C18H21BrO5S.C12H25B2O4.2CH4.H2/c1-7-28-17-29-16-18-15-20(30-19-9-12-21(13-10-19)33(26,27)8-2)11-14-22(18)25-31-23(3,4)24(5,6)32-25;1-3-22-13-23-12-14-11-16(7-10-18(14)19)24-15-5-8-17(9-6-15)25(20,21)4-2;1-9(2,15)10(3,4)16-13-14-17-11(5,6)12(7,8)18-14;;;/h9-15H,7-8,16-17H2,1-6H3;5-11H,3-4,12-13H2,1-2H3;15H,1-8H3;2*1H4;1H/i;;;;;1+1. The molecule has 6 rings (SSSR count). The highest BCUT2D eigenvalue weighted by molar-refractivity contribution is 9.10. The monoisotopic (exact) mass is 1190 g/mol. The number of ether oxygens (including phenoxy) is 6. The quantitative estimate of drug-likeness (QED) is 0.0419. The van der Waals surface area contributed by atoms with Crippen LogP contribution in [0.1, 0.15) is 138 Å². The van der Waals surface area contributed by atoms with Gasteiger partial charge < -0.3 is 56.8 Å². The van der Waals surface area contributed by atoms with Crippen LogP contribution in [0.2, 0.25) is 0 Å². The van der Waals surface area contributed by atoms with Gasteiger partial charge in [-0.1, -0.05) is 50.7 Å². The molecule has 4 aromatic carbocycles. The van der Waals surface area contributed by atoms with Crippen molar-refractivity contribution in [3.05, 3.63) is 101 Å². The molecule has 4 aromatic rings. The summed E-state index contributed by atoms with van der Waals surface area (Å²) in [5.41, 5.74) is -0.690. The molecule has 1 N–H and O–H groups in total. The number of benzene rings is 4. The highest BCUT2D eigenvalue weighted by atomic mass is 79.9. The molecule has 16 nitrogen and oxygen atoms in total. The zero-order valence-electron chi connectivity index (χ0n) is 47.2. The Morgan fingerprint density at radius 1 is 0.564 bits per heavy atom. The first-order chi connectivity index (χ1) is 35.2. The average Bonchev–Trinajstić information content (AvgIpc) is 3.70. The van der Waals surface area contributed by atoms with Crippen molar-refractivity contribution < 1.29 is 75.1 Å². The van der Waals surface area contributed by atoms with E-state index in [0.717, 1.165) is 21.1 Å². The summed E-state index contributed by atoms with van der Waals surface area (Å²) in [5, 5.41) is 10.00. The lowest BCUT2D eigenvalue weighted by atomic mass is 9.55. The average molecular weight is 1200 g/mol. The number of rotatable bonds is 23. The number of hydrogen-bond donors (Lipinski definition) is 1. The molecule has 0 amide bonds. The van der Waals surface area contributed by atoms with Crippen LogP contribution in [0.5, 0.6) is 23.0 Å². The zero-order valence-corrected chi connectivity index (χ0v) is 50.5. The van der Waals surface area contributed by atoms with Crippen molar-refractivity contribution in [3.63, 3.8) is 0 Å². The molecule has 0 unspecified atom stereocenters. The molecular weight excluding hydrogens is 1110 g/mol. The fraction of sp³-hybridized carbons (Fsp3) is 0.571. The van der Waals surface area contributed by atoms with E-state index in [9.17, 15) is 21.9 Å². The van der Waals surface area contributed by atoms with Gasteiger partial charge in [0.05, 0.1) is 68.1 Å². The summed E-state index contributed by atoms with van der Waals surface area (Å²) >= 11 is 3.48. The maximum atomic E-state index is 12.0. The molecule has 0 atom stereocenters. The largest absolute Gasteiger partial charge is 0.495 e. The Bertz CT molecular complexity index is 2670. The van der Waals surface area contributed by atoms with Crippen LogP contribution in [0.4, 0.5) is 0 Å². The number of halogens is 1. The second-order valence-corrected chi connectivity index (χ2v) is 26.4. The molecule has 22 heteroatoms. The lowest BCUT2D eigenvalue weighted by Crippen LogP contribution is -2.50. The third kappa shape index (κ3) is 19.7. The molecule has 0 aromatic heterocycles. The van der Waals surface area contributed by atoms with Gasteiger partial charge in [-0.25, -0.2) is 16.8 Å². The maximum absolute atomic E-state index is 12.0. The van der Waals surface area contributed by atoms with Gasteiger partial charge in [0.1, 0.15) is 36.6 Å². The fourth-order valence-corrected chi connectivity index (χ4v) is 8.76. The molecule has 2 aliphatic heterocycles. The lowest BCUT2D eigenvalue weighted by Gasteiger charge is -2.37. The van der Waals surface area contributed by atoms with Crippen molar-refractivity contribution in [2.45, 2.75) is 182 Å². The predicted octanol–water partition coefficient (Wildman–Crippen LogP) is 11.9. The molecule has 0 bridgehead atoms. The van der Waals surface area contributed by atoms with E-state index in [4.69, 9.17) is 51.7 Å². The van der Waals surface area contributed by atoms with Gasteiger partial charge in [0.25, 0.3) is 0 Å². The van der Waals surface area contributed by atoms with Gasteiger partial charge in [-0.15, -0.1) is 0 Å². The topological polar surface area (TPSA) is 190 Å². The first-order valence-corrected chi connectivity index (χ1v) is 29.5. The Kier molecular flexibility index (Phi) is 26.8. The minimum Gasteiger partial charge on any atom is -0.457 e. The van der Waals surface area contributed by atoms with Crippen LogP contribution >= 0.6 is 15.9 Å². The van der Waals surface area contributed by atoms with E-state index in [1.165, 1.54) is 7.37 Å². The molecule has 0 saturated carbocycles. The Labute approximate surface area is 479 Å². The Hall–Kier alpha value is -3.35.